The third kappa shape index (κ3) is 1.63. The molecule has 0 saturated heterocycles. The second-order valence-electron chi connectivity index (χ2n) is 4.89. The van der Waals surface area contributed by atoms with Crippen molar-refractivity contribution >= 4 is 16.9 Å². The number of aromatic nitrogens is 3. The zero-order valence-corrected chi connectivity index (χ0v) is 11.6. The molecule has 0 radical (unpaired) electrons. The smallest absolute Gasteiger partial charge is 0.354 e. The van der Waals surface area contributed by atoms with Crippen LogP contribution in [0.5, 0.6) is 0 Å². The van der Waals surface area contributed by atoms with Gasteiger partial charge in [0.25, 0.3) is 0 Å². The number of carboxylic acid groups (broad SMARTS) is 1. The summed E-state index contributed by atoms with van der Waals surface area (Å²) in [7, 11) is 1.72. The summed E-state index contributed by atoms with van der Waals surface area (Å²) < 4.78 is 1.61. The summed E-state index contributed by atoms with van der Waals surface area (Å²) in [5.74, 6) is -0.283. The quantitative estimate of drug-likeness (QED) is 0.751. The number of nitrogens with one attached hydrogen (secondary N) is 1. The maximum absolute atomic E-state index is 11.5. The fourth-order valence-electron chi connectivity index (χ4n) is 2.61. The van der Waals surface area contributed by atoms with Crippen molar-refractivity contribution in [3.8, 4) is 11.3 Å². The molecule has 0 unspecified atom stereocenters. The lowest BCUT2D eigenvalue weighted by Crippen LogP contribution is -2.06. The van der Waals surface area contributed by atoms with Crippen LogP contribution in [0.1, 0.15) is 22.0 Å². The molecule has 20 heavy (non-hydrogen) atoms. The molecule has 0 aliphatic rings. The van der Waals surface area contributed by atoms with Gasteiger partial charge in [0.2, 0.25) is 0 Å². The van der Waals surface area contributed by atoms with Crippen molar-refractivity contribution in [3.05, 3.63) is 41.5 Å². The highest BCUT2D eigenvalue weighted by atomic mass is 16.4. The van der Waals surface area contributed by atoms with Crippen LogP contribution in [-0.4, -0.2) is 25.6 Å². The van der Waals surface area contributed by atoms with Crippen molar-refractivity contribution in [3.63, 3.8) is 0 Å². The van der Waals surface area contributed by atoms with Crippen LogP contribution < -0.4 is 0 Å². The number of aryl methyl sites for hydroxylation is 2. The van der Waals surface area contributed by atoms with Gasteiger partial charge in [-0.1, -0.05) is 18.2 Å². The molecular weight excluding hydrogens is 254 g/mol. The summed E-state index contributed by atoms with van der Waals surface area (Å²) in [6, 6.07) is 7.84. The average Bonchev–Trinajstić information content (AvgIpc) is 2.86. The van der Waals surface area contributed by atoms with E-state index < -0.39 is 5.97 Å². The van der Waals surface area contributed by atoms with Gasteiger partial charge in [-0.05, 0) is 19.9 Å². The van der Waals surface area contributed by atoms with Crippen LogP contribution in [0.3, 0.4) is 0 Å². The van der Waals surface area contributed by atoms with Gasteiger partial charge in [0.05, 0.1) is 0 Å². The lowest BCUT2D eigenvalue weighted by molar-refractivity contribution is 0.0687. The van der Waals surface area contributed by atoms with Crippen LogP contribution in [-0.2, 0) is 7.05 Å². The minimum atomic E-state index is -0.965. The normalized spacial score (nSPS) is 11.2. The van der Waals surface area contributed by atoms with E-state index in [1.807, 2.05) is 31.2 Å². The molecular formula is C15H15N3O2. The molecule has 0 bridgehead atoms. The van der Waals surface area contributed by atoms with E-state index in [4.69, 9.17) is 0 Å². The predicted molar refractivity (Wildman–Crippen MR) is 76.9 cm³/mol. The maximum atomic E-state index is 11.5. The van der Waals surface area contributed by atoms with Crippen molar-refractivity contribution in [2.24, 2.45) is 7.05 Å². The maximum Gasteiger partial charge on any atom is 0.354 e. The Bertz CT molecular complexity index is 827. The van der Waals surface area contributed by atoms with Crippen LogP contribution >= 0.6 is 0 Å². The van der Waals surface area contributed by atoms with Crippen LogP contribution in [0.15, 0.2) is 24.3 Å². The van der Waals surface area contributed by atoms with Gasteiger partial charge in [-0.15, -0.1) is 0 Å². The molecule has 5 heteroatoms. The summed E-state index contributed by atoms with van der Waals surface area (Å²) in [5.41, 5.74) is 3.51. The van der Waals surface area contributed by atoms with Crippen LogP contribution in [0.25, 0.3) is 22.2 Å². The first kappa shape index (κ1) is 12.5. The molecule has 5 nitrogen and oxygen atoms in total. The van der Waals surface area contributed by atoms with Gasteiger partial charge in [0.15, 0.2) is 5.69 Å². The van der Waals surface area contributed by atoms with Crippen LogP contribution in [0.2, 0.25) is 0 Å². The van der Waals surface area contributed by atoms with E-state index in [1.165, 1.54) is 0 Å². The number of fused-ring (bicyclic) bond motifs is 1. The lowest BCUT2D eigenvalue weighted by atomic mass is 10.1. The molecule has 3 rings (SSSR count). The van der Waals surface area contributed by atoms with Gasteiger partial charge in [0.1, 0.15) is 11.5 Å². The Kier molecular flexibility index (Phi) is 2.64. The third-order valence-electron chi connectivity index (χ3n) is 3.65. The van der Waals surface area contributed by atoms with Gasteiger partial charge in [-0.3, -0.25) is 0 Å². The van der Waals surface area contributed by atoms with E-state index in [0.717, 1.165) is 22.2 Å². The van der Waals surface area contributed by atoms with E-state index in [0.29, 0.717) is 11.5 Å². The number of carboxylic acids is 1. The van der Waals surface area contributed by atoms with Crippen molar-refractivity contribution in [1.82, 2.24) is 14.5 Å². The van der Waals surface area contributed by atoms with Crippen molar-refractivity contribution in [1.29, 1.82) is 0 Å². The number of carbonyl (C=O) groups is 1. The molecule has 0 spiro atoms. The molecule has 2 aromatic heterocycles. The first-order valence-electron chi connectivity index (χ1n) is 6.35. The number of imidazole rings is 1. The van der Waals surface area contributed by atoms with E-state index in [1.54, 1.807) is 18.5 Å². The summed E-state index contributed by atoms with van der Waals surface area (Å²) in [4.78, 5) is 19.3. The zero-order valence-electron chi connectivity index (χ0n) is 11.6. The fourth-order valence-corrected chi connectivity index (χ4v) is 2.61. The first-order chi connectivity index (χ1) is 9.50. The molecule has 3 aromatic rings. The van der Waals surface area contributed by atoms with Crippen molar-refractivity contribution in [2.45, 2.75) is 13.8 Å². The topological polar surface area (TPSA) is 70.9 Å². The van der Waals surface area contributed by atoms with E-state index in [9.17, 15) is 9.90 Å². The molecule has 2 heterocycles. The van der Waals surface area contributed by atoms with E-state index in [-0.39, 0.29) is 5.69 Å². The Hall–Kier alpha value is -2.56. The number of rotatable bonds is 2. The lowest BCUT2D eigenvalue weighted by Gasteiger charge is -2.02. The summed E-state index contributed by atoms with van der Waals surface area (Å²) in [6.45, 7) is 3.74. The molecule has 0 atom stereocenters. The Balaban J connectivity index is 2.40. The Morgan fingerprint density at radius 2 is 2.00 bits per heavy atom. The molecule has 0 amide bonds. The van der Waals surface area contributed by atoms with Gasteiger partial charge in [-0.25, -0.2) is 9.78 Å². The van der Waals surface area contributed by atoms with Gasteiger partial charge in [0, 0.05) is 29.2 Å². The molecule has 0 fully saturated rings. The van der Waals surface area contributed by atoms with Gasteiger partial charge in [-0.2, -0.15) is 0 Å². The van der Waals surface area contributed by atoms with Gasteiger partial charge < -0.3 is 14.7 Å². The summed E-state index contributed by atoms with van der Waals surface area (Å²) >= 11 is 0. The van der Waals surface area contributed by atoms with E-state index >= 15 is 0 Å². The number of hydrogen-bond donors (Lipinski definition) is 2. The van der Waals surface area contributed by atoms with Crippen molar-refractivity contribution < 1.29 is 9.90 Å². The summed E-state index contributed by atoms with van der Waals surface area (Å²) in [6.07, 6.45) is 0. The Morgan fingerprint density at radius 1 is 1.30 bits per heavy atom. The van der Waals surface area contributed by atoms with Gasteiger partial charge >= 0.3 is 5.97 Å². The minimum Gasteiger partial charge on any atom is -0.477 e. The highest BCUT2D eigenvalue weighted by Gasteiger charge is 2.23. The number of H-pyrrole nitrogens is 1. The molecule has 1 aromatic carbocycles. The summed E-state index contributed by atoms with van der Waals surface area (Å²) in [5, 5.41) is 10.4. The molecule has 0 aliphatic heterocycles. The number of aromatic carboxylic acids is 1. The van der Waals surface area contributed by atoms with Crippen LogP contribution in [0.4, 0.5) is 0 Å². The second kappa shape index (κ2) is 4.23. The standard InChI is InChI=1S/C15H15N3O2/c1-8-12(10-6-4-5-7-11(10)16-8)13-14(15(19)20)18(3)9(2)17-13/h4-7,16H,1-3H3,(H,19,20). The minimum absolute atomic E-state index is 0.218. The highest BCUT2D eigenvalue weighted by Crippen LogP contribution is 2.33. The SMILES string of the molecule is Cc1[nH]c2ccccc2c1-c1nc(C)n(C)c1C(=O)O. The number of para-hydroxylation sites is 1. The first-order valence-corrected chi connectivity index (χ1v) is 6.35. The number of benzene rings is 1. The van der Waals surface area contributed by atoms with E-state index in [2.05, 4.69) is 9.97 Å². The van der Waals surface area contributed by atoms with Crippen LogP contribution in [0, 0.1) is 13.8 Å². The number of hydrogen-bond acceptors (Lipinski definition) is 2. The number of nitrogens with zero attached hydrogens (tertiary/aromatic N) is 2. The fraction of sp³-hybridized carbons (Fsp3) is 0.200. The highest BCUT2D eigenvalue weighted by molar-refractivity contribution is 6.02. The number of aromatic amines is 1. The largest absolute Gasteiger partial charge is 0.477 e. The second-order valence-corrected chi connectivity index (χ2v) is 4.89. The average molecular weight is 269 g/mol. The predicted octanol–water partition coefficient (Wildman–Crippen LogP) is 2.88. The molecule has 102 valence electrons. The Labute approximate surface area is 115 Å². The molecule has 0 aliphatic carbocycles. The molecule has 0 saturated carbocycles. The van der Waals surface area contributed by atoms with Crippen molar-refractivity contribution in [2.75, 3.05) is 0 Å². The monoisotopic (exact) mass is 269 g/mol. The third-order valence-corrected chi connectivity index (χ3v) is 3.65. The Morgan fingerprint density at radius 3 is 2.70 bits per heavy atom. The molecule has 2 N–H and O–H groups in total. The zero-order chi connectivity index (χ0) is 14.4.